The van der Waals surface area contributed by atoms with Crippen LogP contribution in [0.1, 0.15) is 36.8 Å². The van der Waals surface area contributed by atoms with Crippen molar-refractivity contribution < 1.29 is 13.9 Å². The molecule has 2 aliphatic heterocycles. The third-order valence-corrected chi connectivity index (χ3v) is 5.34. The minimum Gasteiger partial charge on any atom is -0.466 e. The maximum absolute atomic E-state index is 12.7. The van der Waals surface area contributed by atoms with Gasteiger partial charge in [0.2, 0.25) is 5.91 Å². The number of hydrogen-bond donors (Lipinski definition) is 1. The molecule has 1 aromatic rings. The number of carbonyl (C=O) groups is 1. The molecule has 27 heavy (non-hydrogen) atoms. The Kier molecular flexibility index (Phi) is 6.77. The second kappa shape index (κ2) is 9.26. The highest BCUT2D eigenvalue weighted by atomic mass is 16.5. The number of likely N-dealkylation sites (tertiary alicyclic amines) is 1. The molecule has 0 bridgehead atoms. The van der Waals surface area contributed by atoms with Crippen molar-refractivity contribution in [2.75, 3.05) is 45.9 Å². The summed E-state index contributed by atoms with van der Waals surface area (Å²) in [6.45, 7) is 12.0. The van der Waals surface area contributed by atoms with Gasteiger partial charge in [-0.15, -0.1) is 0 Å². The molecule has 0 saturated carbocycles. The fourth-order valence-corrected chi connectivity index (χ4v) is 3.81. The Morgan fingerprint density at radius 1 is 1.19 bits per heavy atom. The van der Waals surface area contributed by atoms with Crippen LogP contribution in [-0.2, 0) is 16.1 Å². The van der Waals surface area contributed by atoms with Crippen LogP contribution in [0, 0.1) is 19.8 Å². The molecule has 1 aromatic heterocycles. The van der Waals surface area contributed by atoms with Gasteiger partial charge in [0.15, 0.2) is 5.96 Å². The molecule has 1 amide bonds. The van der Waals surface area contributed by atoms with Crippen molar-refractivity contribution in [3.63, 3.8) is 0 Å². The summed E-state index contributed by atoms with van der Waals surface area (Å²) < 4.78 is 10.9. The number of guanidine groups is 1. The molecule has 0 spiro atoms. The lowest BCUT2D eigenvalue weighted by molar-refractivity contribution is -0.140. The minimum atomic E-state index is 0.126. The van der Waals surface area contributed by atoms with Crippen LogP contribution in [0.15, 0.2) is 15.5 Å². The number of hydrogen-bond acceptors (Lipinski definition) is 4. The number of piperidine rings is 1. The van der Waals surface area contributed by atoms with Crippen LogP contribution in [0.3, 0.4) is 0 Å². The molecule has 2 saturated heterocycles. The van der Waals surface area contributed by atoms with Gasteiger partial charge >= 0.3 is 0 Å². The maximum Gasteiger partial charge on any atom is 0.225 e. The molecular weight excluding hydrogens is 344 g/mol. The molecule has 3 heterocycles. The zero-order valence-electron chi connectivity index (χ0n) is 16.8. The summed E-state index contributed by atoms with van der Waals surface area (Å²) in [6.07, 6.45) is 1.76. The summed E-state index contributed by atoms with van der Waals surface area (Å²) in [5, 5.41) is 3.39. The van der Waals surface area contributed by atoms with Crippen molar-refractivity contribution in [1.29, 1.82) is 0 Å². The van der Waals surface area contributed by atoms with Gasteiger partial charge in [-0.25, -0.2) is 4.99 Å². The monoisotopic (exact) mass is 376 g/mol. The van der Waals surface area contributed by atoms with Crippen molar-refractivity contribution in [2.24, 2.45) is 10.9 Å². The summed E-state index contributed by atoms with van der Waals surface area (Å²) in [6, 6.07) is 2.05. The average Bonchev–Trinajstić information content (AvgIpc) is 3.02. The molecule has 150 valence electrons. The van der Waals surface area contributed by atoms with Crippen LogP contribution in [0.2, 0.25) is 0 Å². The quantitative estimate of drug-likeness (QED) is 0.642. The molecule has 7 nitrogen and oxygen atoms in total. The van der Waals surface area contributed by atoms with Crippen LogP contribution >= 0.6 is 0 Å². The van der Waals surface area contributed by atoms with Crippen LogP contribution in [0.25, 0.3) is 0 Å². The second-order valence-electron chi connectivity index (χ2n) is 7.31. The Morgan fingerprint density at radius 2 is 1.89 bits per heavy atom. The van der Waals surface area contributed by atoms with Gasteiger partial charge < -0.3 is 24.3 Å². The molecule has 1 N–H and O–H groups in total. The minimum absolute atomic E-state index is 0.126. The van der Waals surface area contributed by atoms with Crippen molar-refractivity contribution in [3.05, 3.63) is 23.2 Å². The van der Waals surface area contributed by atoms with E-state index in [4.69, 9.17) is 14.1 Å². The molecule has 0 unspecified atom stereocenters. The highest BCUT2D eigenvalue weighted by molar-refractivity contribution is 5.82. The van der Waals surface area contributed by atoms with Gasteiger partial charge in [-0.1, -0.05) is 0 Å². The molecule has 3 rings (SSSR count). The van der Waals surface area contributed by atoms with E-state index in [-0.39, 0.29) is 5.92 Å². The number of furan rings is 1. The van der Waals surface area contributed by atoms with Crippen LogP contribution in [0.5, 0.6) is 0 Å². The zero-order valence-corrected chi connectivity index (χ0v) is 16.8. The molecular formula is C20H32N4O3. The van der Waals surface area contributed by atoms with Gasteiger partial charge in [0.1, 0.15) is 11.5 Å². The highest BCUT2D eigenvalue weighted by Gasteiger charge is 2.30. The van der Waals surface area contributed by atoms with Crippen molar-refractivity contribution in [1.82, 2.24) is 15.1 Å². The van der Waals surface area contributed by atoms with Gasteiger partial charge in [-0.3, -0.25) is 4.79 Å². The number of morpholine rings is 1. The lowest BCUT2D eigenvalue weighted by atomic mass is 9.95. The number of carbonyl (C=O) groups excluding carboxylic acids is 1. The highest BCUT2D eigenvalue weighted by Crippen LogP contribution is 2.21. The Hall–Kier alpha value is -2.02. The fourth-order valence-electron chi connectivity index (χ4n) is 3.81. The standard InChI is InChI=1S/C20H32N4O3/c1-4-21-20(22-14-18-13-15(2)27-16(18)3)24-7-5-17(6-8-24)19(25)23-9-11-26-12-10-23/h13,17H,4-12,14H2,1-3H3,(H,21,22). The van der Waals surface area contributed by atoms with E-state index >= 15 is 0 Å². The summed E-state index contributed by atoms with van der Waals surface area (Å²) in [5.74, 6) is 3.20. The summed E-state index contributed by atoms with van der Waals surface area (Å²) in [4.78, 5) is 21.7. The Labute approximate surface area is 161 Å². The number of aryl methyl sites for hydroxylation is 2. The molecule has 2 aliphatic rings. The van der Waals surface area contributed by atoms with Crippen LogP contribution in [0.4, 0.5) is 0 Å². The Balaban J connectivity index is 1.57. The van der Waals surface area contributed by atoms with E-state index in [2.05, 4.69) is 23.2 Å². The SMILES string of the molecule is CCNC(=NCc1cc(C)oc1C)N1CCC(C(=O)N2CCOCC2)CC1. The maximum atomic E-state index is 12.7. The second-order valence-corrected chi connectivity index (χ2v) is 7.31. The smallest absolute Gasteiger partial charge is 0.225 e. The fraction of sp³-hybridized carbons (Fsp3) is 0.700. The van der Waals surface area contributed by atoms with E-state index in [1.54, 1.807) is 0 Å². The molecule has 7 heteroatoms. The lowest BCUT2D eigenvalue weighted by Gasteiger charge is -2.36. The summed E-state index contributed by atoms with van der Waals surface area (Å²) >= 11 is 0. The van der Waals surface area contributed by atoms with Gasteiger partial charge in [0.25, 0.3) is 0 Å². The Morgan fingerprint density at radius 3 is 2.48 bits per heavy atom. The number of rotatable bonds is 4. The zero-order chi connectivity index (χ0) is 19.2. The summed E-state index contributed by atoms with van der Waals surface area (Å²) in [7, 11) is 0. The predicted octanol–water partition coefficient (Wildman–Crippen LogP) is 1.93. The largest absolute Gasteiger partial charge is 0.466 e. The van der Waals surface area contributed by atoms with Crippen molar-refractivity contribution >= 4 is 11.9 Å². The number of ether oxygens (including phenoxy) is 1. The van der Waals surface area contributed by atoms with E-state index in [9.17, 15) is 4.79 Å². The van der Waals surface area contributed by atoms with E-state index < -0.39 is 0 Å². The van der Waals surface area contributed by atoms with E-state index in [1.807, 2.05) is 18.7 Å². The third kappa shape index (κ3) is 5.03. The number of nitrogens with one attached hydrogen (secondary N) is 1. The first kappa shape index (κ1) is 19.7. The van der Waals surface area contributed by atoms with Gasteiger partial charge in [0.05, 0.1) is 19.8 Å². The first-order valence-electron chi connectivity index (χ1n) is 10.0. The number of nitrogens with zero attached hydrogens (tertiary/aromatic N) is 3. The van der Waals surface area contributed by atoms with Gasteiger partial charge in [0, 0.05) is 44.2 Å². The summed E-state index contributed by atoms with van der Waals surface area (Å²) in [5.41, 5.74) is 1.13. The lowest BCUT2D eigenvalue weighted by Crippen LogP contribution is -2.50. The topological polar surface area (TPSA) is 70.3 Å². The van der Waals surface area contributed by atoms with E-state index in [0.29, 0.717) is 25.7 Å². The number of aliphatic imine (C=N–C) groups is 1. The predicted molar refractivity (Wildman–Crippen MR) is 105 cm³/mol. The van der Waals surface area contributed by atoms with Crippen molar-refractivity contribution in [2.45, 2.75) is 40.2 Å². The molecule has 0 atom stereocenters. The first-order valence-corrected chi connectivity index (χ1v) is 10.0. The van der Waals surface area contributed by atoms with E-state index in [1.165, 1.54) is 0 Å². The molecule has 0 aromatic carbocycles. The van der Waals surface area contributed by atoms with Crippen LogP contribution in [-0.4, -0.2) is 67.6 Å². The number of amides is 1. The normalized spacial score (nSPS) is 19.4. The molecule has 0 radical (unpaired) electrons. The molecule has 2 fully saturated rings. The third-order valence-electron chi connectivity index (χ3n) is 5.34. The van der Waals surface area contributed by atoms with Gasteiger partial charge in [-0.05, 0) is 39.7 Å². The average molecular weight is 377 g/mol. The molecule has 0 aliphatic carbocycles. The van der Waals surface area contributed by atoms with Crippen molar-refractivity contribution in [3.8, 4) is 0 Å². The first-order chi connectivity index (χ1) is 13.1. The van der Waals surface area contributed by atoms with Crippen LogP contribution < -0.4 is 5.32 Å². The van der Waals surface area contributed by atoms with Gasteiger partial charge in [-0.2, -0.15) is 0 Å². The Bertz CT molecular complexity index is 656. The van der Waals surface area contributed by atoms with E-state index in [0.717, 1.165) is 68.6 Å².